The van der Waals surface area contributed by atoms with Gasteiger partial charge in [0.15, 0.2) is 5.69 Å². The molecule has 9 nitrogen and oxygen atoms in total. The first-order chi connectivity index (χ1) is 13.0. The number of nitrogens with two attached hydrogens (primary N) is 1. The summed E-state index contributed by atoms with van der Waals surface area (Å²) in [6.07, 6.45) is 1.87. The first-order valence-corrected chi connectivity index (χ1v) is 11.8. The topological polar surface area (TPSA) is 149 Å². The van der Waals surface area contributed by atoms with E-state index in [4.69, 9.17) is 16.7 Å². The molecule has 3 N–H and O–H groups in total. The number of hydrogen-bond acceptors (Lipinski definition) is 7. The van der Waals surface area contributed by atoms with Gasteiger partial charge in [0.05, 0.1) is 21.9 Å². The van der Waals surface area contributed by atoms with Crippen molar-refractivity contribution >= 4 is 37.4 Å². The lowest BCUT2D eigenvalue weighted by Gasteiger charge is -2.08. The van der Waals surface area contributed by atoms with Crippen molar-refractivity contribution in [3.8, 4) is 0 Å². The summed E-state index contributed by atoms with van der Waals surface area (Å²) in [6, 6.07) is 5.91. The van der Waals surface area contributed by atoms with Crippen molar-refractivity contribution in [2.45, 2.75) is 29.8 Å². The van der Waals surface area contributed by atoms with Crippen LogP contribution in [0.25, 0.3) is 0 Å². The molecule has 0 bridgehead atoms. The largest absolute Gasteiger partial charge is 0.350 e. The third-order valence-corrected chi connectivity index (χ3v) is 6.54. The van der Waals surface area contributed by atoms with Crippen molar-refractivity contribution in [3.05, 3.63) is 46.7 Å². The number of amides is 1. The summed E-state index contributed by atoms with van der Waals surface area (Å²) in [5, 5.41) is 7.12. The lowest BCUT2D eigenvalue weighted by Crippen LogP contribution is -2.27. The summed E-state index contributed by atoms with van der Waals surface area (Å²) in [4.78, 5) is 19.8. The second-order valence-corrected chi connectivity index (χ2v) is 9.83. The first-order valence-electron chi connectivity index (χ1n) is 8.20. The third kappa shape index (κ3) is 5.71. The number of primary sulfonamides is 1. The molecule has 12 heteroatoms. The van der Waals surface area contributed by atoms with Gasteiger partial charge >= 0.3 is 0 Å². The predicted molar refractivity (Wildman–Crippen MR) is 103 cm³/mol. The van der Waals surface area contributed by atoms with E-state index in [1.807, 2.05) is 0 Å². The van der Waals surface area contributed by atoms with Crippen LogP contribution in [0.5, 0.6) is 0 Å². The number of nitrogens with one attached hydrogen (secondary N) is 1. The van der Waals surface area contributed by atoms with E-state index in [0.717, 1.165) is 11.8 Å². The van der Waals surface area contributed by atoms with Gasteiger partial charge < -0.3 is 5.32 Å². The molecular formula is C16H19ClN4O5S2. The van der Waals surface area contributed by atoms with Crippen LogP contribution in [-0.4, -0.2) is 45.0 Å². The highest BCUT2D eigenvalue weighted by Crippen LogP contribution is 2.16. The monoisotopic (exact) mass is 446 g/mol. The molecule has 0 aliphatic rings. The Balaban J connectivity index is 2.05. The molecule has 1 aromatic heterocycles. The predicted octanol–water partition coefficient (Wildman–Crippen LogP) is 0.934. The number of carbonyl (C=O) groups excluding carboxylic acids is 1. The molecule has 28 heavy (non-hydrogen) atoms. The standard InChI is InChI=1S/C16H19ClN4O5S2/c1-2-9-27(23,24)16-20-10-13(17)14(21-16)15(22)19-8-7-11-3-5-12(6-4-11)28(18,25)26/h3-6,10H,2,7-9H2,1H3,(H,19,22)(H2,18,25,26). The van der Waals surface area contributed by atoms with Crippen LogP contribution >= 0.6 is 11.6 Å². The molecule has 2 aromatic rings. The van der Waals surface area contributed by atoms with Crippen molar-refractivity contribution in [3.63, 3.8) is 0 Å². The molecule has 0 unspecified atom stereocenters. The third-order valence-electron chi connectivity index (χ3n) is 3.64. The van der Waals surface area contributed by atoms with E-state index in [1.54, 1.807) is 19.1 Å². The van der Waals surface area contributed by atoms with Gasteiger partial charge in [-0.15, -0.1) is 0 Å². The molecular weight excluding hydrogens is 428 g/mol. The highest BCUT2D eigenvalue weighted by Gasteiger charge is 2.21. The van der Waals surface area contributed by atoms with Gasteiger partial charge in [0.2, 0.25) is 25.0 Å². The minimum absolute atomic E-state index is 0.00568. The highest BCUT2D eigenvalue weighted by atomic mass is 35.5. The fourth-order valence-electron chi connectivity index (χ4n) is 2.27. The van der Waals surface area contributed by atoms with Crippen molar-refractivity contribution < 1.29 is 21.6 Å². The Morgan fingerprint density at radius 2 is 1.82 bits per heavy atom. The summed E-state index contributed by atoms with van der Waals surface area (Å²) in [7, 11) is -7.45. The Bertz CT molecular complexity index is 1070. The first kappa shape index (κ1) is 22.2. The molecule has 0 fully saturated rings. The minimum atomic E-state index is -3.76. The molecule has 0 spiro atoms. The molecule has 152 valence electrons. The number of rotatable bonds is 8. The van der Waals surface area contributed by atoms with Crippen LogP contribution in [0.15, 0.2) is 40.5 Å². The zero-order chi connectivity index (χ0) is 20.9. The van der Waals surface area contributed by atoms with Crippen LogP contribution in [0.2, 0.25) is 5.02 Å². The van der Waals surface area contributed by atoms with Crippen LogP contribution in [0, 0.1) is 0 Å². The van der Waals surface area contributed by atoms with Gasteiger partial charge in [-0.25, -0.2) is 31.9 Å². The van der Waals surface area contributed by atoms with Gasteiger partial charge in [-0.05, 0) is 30.5 Å². The fourth-order valence-corrected chi connectivity index (χ4v) is 4.13. The van der Waals surface area contributed by atoms with Crippen LogP contribution in [0.3, 0.4) is 0 Å². The number of nitrogens with zero attached hydrogens (tertiary/aromatic N) is 2. The Kier molecular flexibility index (Phi) is 7.10. The minimum Gasteiger partial charge on any atom is -0.350 e. The molecule has 0 aliphatic carbocycles. The molecule has 1 amide bonds. The molecule has 0 saturated heterocycles. The van der Waals surface area contributed by atoms with Crippen LogP contribution in [0.4, 0.5) is 0 Å². The second kappa shape index (κ2) is 8.95. The van der Waals surface area contributed by atoms with E-state index >= 15 is 0 Å². The number of carbonyl (C=O) groups is 1. The maximum Gasteiger partial charge on any atom is 0.271 e. The molecule has 0 aliphatic heterocycles. The van der Waals surface area contributed by atoms with Gasteiger partial charge in [0.25, 0.3) is 5.91 Å². The van der Waals surface area contributed by atoms with Crippen LogP contribution in [0.1, 0.15) is 29.4 Å². The number of sulfone groups is 1. The van der Waals surface area contributed by atoms with Gasteiger partial charge in [0.1, 0.15) is 0 Å². The lowest BCUT2D eigenvalue weighted by molar-refractivity contribution is 0.0948. The zero-order valence-corrected chi connectivity index (χ0v) is 17.3. The lowest BCUT2D eigenvalue weighted by atomic mass is 10.1. The highest BCUT2D eigenvalue weighted by molar-refractivity contribution is 7.91. The number of hydrogen-bond donors (Lipinski definition) is 2. The fraction of sp³-hybridized carbons (Fsp3) is 0.312. The van der Waals surface area contributed by atoms with Crippen molar-refractivity contribution in [1.82, 2.24) is 15.3 Å². The molecule has 0 atom stereocenters. The quantitative estimate of drug-likeness (QED) is 0.572. The molecule has 2 rings (SSSR count). The zero-order valence-electron chi connectivity index (χ0n) is 14.9. The van der Waals surface area contributed by atoms with Crippen molar-refractivity contribution in [2.24, 2.45) is 5.14 Å². The maximum atomic E-state index is 12.3. The van der Waals surface area contributed by atoms with Crippen molar-refractivity contribution in [2.75, 3.05) is 12.3 Å². The van der Waals surface area contributed by atoms with Gasteiger partial charge in [-0.1, -0.05) is 30.7 Å². The Morgan fingerprint density at radius 3 is 2.39 bits per heavy atom. The number of halogens is 1. The van der Waals surface area contributed by atoms with E-state index in [-0.39, 0.29) is 27.9 Å². The summed E-state index contributed by atoms with van der Waals surface area (Å²) >= 11 is 5.92. The van der Waals surface area contributed by atoms with Crippen LogP contribution in [-0.2, 0) is 26.3 Å². The van der Waals surface area contributed by atoms with Crippen molar-refractivity contribution in [1.29, 1.82) is 0 Å². The van der Waals surface area contributed by atoms with E-state index in [1.165, 1.54) is 12.1 Å². The Morgan fingerprint density at radius 1 is 1.18 bits per heavy atom. The van der Waals surface area contributed by atoms with E-state index < -0.39 is 30.9 Å². The van der Waals surface area contributed by atoms with Gasteiger partial charge in [-0.2, -0.15) is 0 Å². The average Bonchev–Trinajstić information content (AvgIpc) is 2.61. The SMILES string of the molecule is CCCS(=O)(=O)c1ncc(Cl)c(C(=O)NCCc2ccc(S(N)(=O)=O)cc2)n1. The van der Waals surface area contributed by atoms with Gasteiger partial charge in [-0.3, -0.25) is 4.79 Å². The molecule has 1 heterocycles. The smallest absolute Gasteiger partial charge is 0.271 e. The summed E-state index contributed by atoms with van der Waals surface area (Å²) in [5.74, 6) is -0.772. The molecule has 1 aromatic carbocycles. The van der Waals surface area contributed by atoms with E-state index in [2.05, 4.69) is 15.3 Å². The Labute approximate surface area is 168 Å². The maximum absolute atomic E-state index is 12.3. The van der Waals surface area contributed by atoms with E-state index in [0.29, 0.717) is 12.8 Å². The van der Waals surface area contributed by atoms with Gasteiger partial charge in [0, 0.05) is 6.54 Å². The number of benzene rings is 1. The van der Waals surface area contributed by atoms with Crippen LogP contribution < -0.4 is 10.5 Å². The summed E-state index contributed by atoms with van der Waals surface area (Å²) < 4.78 is 46.6. The number of aromatic nitrogens is 2. The van der Waals surface area contributed by atoms with E-state index in [9.17, 15) is 21.6 Å². The average molecular weight is 447 g/mol. The second-order valence-electron chi connectivity index (χ2n) is 5.86. The molecule has 0 radical (unpaired) electrons. The Hall–Kier alpha value is -2.08. The molecule has 0 saturated carbocycles. The normalized spacial score (nSPS) is 12.0. The summed E-state index contributed by atoms with van der Waals surface area (Å²) in [6.45, 7) is 1.90. The summed E-state index contributed by atoms with van der Waals surface area (Å²) in [5.41, 5.74) is 0.545. The number of sulfonamides is 1.